The molecule has 1 aromatic heterocycles. The normalized spacial score (nSPS) is 10.6. The fraction of sp³-hybridized carbons (Fsp3) is 0.111. The lowest BCUT2D eigenvalue weighted by Crippen LogP contribution is -1.95. The van der Waals surface area contributed by atoms with Crippen LogP contribution in [0.4, 0.5) is 10.3 Å². The van der Waals surface area contributed by atoms with E-state index in [0.717, 1.165) is 5.56 Å². The Morgan fingerprint density at radius 2 is 2.15 bits per heavy atom. The Kier molecular flexibility index (Phi) is 1.62. The highest BCUT2D eigenvalue weighted by Crippen LogP contribution is 2.17. The third-order valence-corrected chi connectivity index (χ3v) is 1.81. The zero-order chi connectivity index (χ0) is 9.42. The standard InChI is InChI=1S/C9H8FN3/c1-5-2-7(10)6-4-12-9(11)13-8(6)3-5/h2-4H,1H3,(H2,11,12,13). The SMILES string of the molecule is Cc1cc(F)c2cnc(N)nc2c1. The number of hydrogen-bond donors (Lipinski definition) is 1. The second-order valence-corrected chi connectivity index (χ2v) is 2.91. The number of aromatic nitrogens is 2. The number of nitrogen functional groups attached to an aromatic ring is 1. The molecule has 0 aliphatic carbocycles. The topological polar surface area (TPSA) is 51.8 Å². The molecule has 0 amide bonds. The average Bonchev–Trinajstić information content (AvgIpc) is 2.02. The molecular weight excluding hydrogens is 169 g/mol. The minimum Gasteiger partial charge on any atom is -0.368 e. The number of fused-ring (bicyclic) bond motifs is 1. The number of aryl methyl sites for hydroxylation is 1. The van der Waals surface area contributed by atoms with Gasteiger partial charge < -0.3 is 5.73 Å². The Morgan fingerprint density at radius 3 is 2.92 bits per heavy atom. The first-order valence-corrected chi connectivity index (χ1v) is 3.85. The summed E-state index contributed by atoms with van der Waals surface area (Å²) in [7, 11) is 0. The Morgan fingerprint density at radius 1 is 1.38 bits per heavy atom. The van der Waals surface area contributed by atoms with Gasteiger partial charge in [-0.2, -0.15) is 0 Å². The van der Waals surface area contributed by atoms with Crippen LogP contribution < -0.4 is 5.73 Å². The third kappa shape index (κ3) is 1.30. The monoisotopic (exact) mass is 177 g/mol. The van der Waals surface area contributed by atoms with Gasteiger partial charge in [-0.15, -0.1) is 0 Å². The molecule has 0 saturated carbocycles. The van der Waals surface area contributed by atoms with Crippen LogP contribution in [0.1, 0.15) is 5.56 Å². The molecule has 0 spiro atoms. The van der Waals surface area contributed by atoms with Crippen LogP contribution in [0, 0.1) is 12.7 Å². The van der Waals surface area contributed by atoms with Gasteiger partial charge in [0, 0.05) is 6.20 Å². The summed E-state index contributed by atoms with van der Waals surface area (Å²) >= 11 is 0. The number of benzene rings is 1. The molecule has 3 nitrogen and oxygen atoms in total. The molecule has 0 saturated heterocycles. The summed E-state index contributed by atoms with van der Waals surface area (Å²) in [5, 5.41) is 0.403. The number of hydrogen-bond acceptors (Lipinski definition) is 3. The molecule has 2 N–H and O–H groups in total. The van der Waals surface area contributed by atoms with E-state index >= 15 is 0 Å². The Hall–Kier alpha value is -1.71. The minimum atomic E-state index is -0.310. The summed E-state index contributed by atoms with van der Waals surface area (Å²) in [5.41, 5.74) is 6.75. The highest BCUT2D eigenvalue weighted by molar-refractivity contribution is 5.79. The lowest BCUT2D eigenvalue weighted by molar-refractivity contribution is 0.638. The predicted molar refractivity (Wildman–Crippen MR) is 48.6 cm³/mol. The van der Waals surface area contributed by atoms with Crippen LogP contribution >= 0.6 is 0 Å². The molecule has 2 rings (SSSR count). The molecule has 0 unspecified atom stereocenters. The molecule has 4 heteroatoms. The lowest BCUT2D eigenvalue weighted by atomic mass is 10.2. The molecule has 0 aliphatic heterocycles. The summed E-state index contributed by atoms with van der Waals surface area (Å²) in [6.45, 7) is 1.81. The summed E-state index contributed by atoms with van der Waals surface area (Å²) in [6.07, 6.45) is 1.40. The largest absolute Gasteiger partial charge is 0.368 e. The molecule has 13 heavy (non-hydrogen) atoms. The van der Waals surface area contributed by atoms with E-state index in [1.807, 2.05) is 0 Å². The van der Waals surface area contributed by atoms with Gasteiger partial charge in [0.2, 0.25) is 5.95 Å². The van der Waals surface area contributed by atoms with E-state index in [1.54, 1.807) is 13.0 Å². The highest BCUT2D eigenvalue weighted by atomic mass is 19.1. The zero-order valence-corrected chi connectivity index (χ0v) is 7.08. The molecule has 0 aliphatic rings. The van der Waals surface area contributed by atoms with Crippen LogP contribution in [0.25, 0.3) is 10.9 Å². The fourth-order valence-electron chi connectivity index (χ4n) is 1.24. The number of nitrogens with zero attached hydrogens (tertiary/aromatic N) is 2. The van der Waals surface area contributed by atoms with Gasteiger partial charge in [0.1, 0.15) is 5.82 Å². The Balaban J connectivity index is 2.86. The highest BCUT2D eigenvalue weighted by Gasteiger charge is 2.03. The maximum Gasteiger partial charge on any atom is 0.220 e. The van der Waals surface area contributed by atoms with E-state index in [0.29, 0.717) is 10.9 Å². The van der Waals surface area contributed by atoms with Crippen molar-refractivity contribution >= 4 is 16.9 Å². The van der Waals surface area contributed by atoms with E-state index in [9.17, 15) is 4.39 Å². The van der Waals surface area contributed by atoms with Gasteiger partial charge in [-0.25, -0.2) is 14.4 Å². The van der Waals surface area contributed by atoms with Crippen LogP contribution in [-0.4, -0.2) is 9.97 Å². The summed E-state index contributed by atoms with van der Waals surface area (Å²) in [4.78, 5) is 7.65. The Bertz CT molecular complexity index is 462. The smallest absolute Gasteiger partial charge is 0.220 e. The summed E-state index contributed by atoms with van der Waals surface area (Å²) < 4.78 is 13.3. The van der Waals surface area contributed by atoms with Crippen molar-refractivity contribution in [2.45, 2.75) is 6.92 Å². The van der Waals surface area contributed by atoms with Crippen LogP contribution in [0.5, 0.6) is 0 Å². The van der Waals surface area contributed by atoms with Crippen LogP contribution in [-0.2, 0) is 0 Å². The van der Waals surface area contributed by atoms with Crippen LogP contribution in [0.2, 0.25) is 0 Å². The first kappa shape index (κ1) is 7.91. The van der Waals surface area contributed by atoms with Gasteiger partial charge >= 0.3 is 0 Å². The van der Waals surface area contributed by atoms with E-state index in [4.69, 9.17) is 5.73 Å². The molecule has 0 fully saturated rings. The molecule has 66 valence electrons. The first-order valence-electron chi connectivity index (χ1n) is 3.85. The lowest BCUT2D eigenvalue weighted by Gasteiger charge is -2.00. The number of nitrogens with two attached hydrogens (primary N) is 1. The van der Waals surface area contributed by atoms with Crippen molar-refractivity contribution in [2.24, 2.45) is 0 Å². The molecule has 0 bridgehead atoms. The predicted octanol–water partition coefficient (Wildman–Crippen LogP) is 1.66. The van der Waals surface area contributed by atoms with Crippen molar-refractivity contribution in [2.75, 3.05) is 5.73 Å². The van der Waals surface area contributed by atoms with E-state index in [-0.39, 0.29) is 11.8 Å². The third-order valence-electron chi connectivity index (χ3n) is 1.81. The van der Waals surface area contributed by atoms with Gasteiger partial charge in [0.25, 0.3) is 0 Å². The molecule has 0 atom stereocenters. The number of halogens is 1. The minimum absolute atomic E-state index is 0.164. The van der Waals surface area contributed by atoms with Crippen molar-refractivity contribution in [3.63, 3.8) is 0 Å². The average molecular weight is 177 g/mol. The Labute approximate surface area is 74.4 Å². The van der Waals surface area contributed by atoms with Crippen molar-refractivity contribution in [1.82, 2.24) is 9.97 Å². The number of rotatable bonds is 0. The maximum absolute atomic E-state index is 13.3. The second kappa shape index (κ2) is 2.65. The van der Waals surface area contributed by atoms with Crippen molar-refractivity contribution < 1.29 is 4.39 Å². The molecule has 1 heterocycles. The van der Waals surface area contributed by atoms with Gasteiger partial charge in [0.05, 0.1) is 10.9 Å². The van der Waals surface area contributed by atoms with Crippen LogP contribution in [0.15, 0.2) is 18.3 Å². The van der Waals surface area contributed by atoms with E-state index in [1.165, 1.54) is 12.3 Å². The summed E-state index contributed by atoms with van der Waals surface area (Å²) in [5.74, 6) is -0.146. The fourth-order valence-corrected chi connectivity index (χ4v) is 1.24. The summed E-state index contributed by atoms with van der Waals surface area (Å²) in [6, 6.07) is 3.22. The molecule has 0 radical (unpaired) electrons. The van der Waals surface area contributed by atoms with Crippen molar-refractivity contribution in [3.05, 3.63) is 29.7 Å². The van der Waals surface area contributed by atoms with Crippen molar-refractivity contribution in [1.29, 1.82) is 0 Å². The maximum atomic E-state index is 13.3. The van der Waals surface area contributed by atoms with Gasteiger partial charge in [-0.05, 0) is 24.6 Å². The van der Waals surface area contributed by atoms with Crippen LogP contribution in [0.3, 0.4) is 0 Å². The zero-order valence-electron chi connectivity index (χ0n) is 7.08. The number of anilines is 1. The molecule has 1 aromatic carbocycles. The quantitative estimate of drug-likeness (QED) is 0.665. The van der Waals surface area contributed by atoms with Gasteiger partial charge in [-0.3, -0.25) is 0 Å². The van der Waals surface area contributed by atoms with Crippen molar-refractivity contribution in [3.8, 4) is 0 Å². The van der Waals surface area contributed by atoms with E-state index < -0.39 is 0 Å². The molecular formula is C9H8FN3. The van der Waals surface area contributed by atoms with Gasteiger partial charge in [0.15, 0.2) is 0 Å². The van der Waals surface area contributed by atoms with Gasteiger partial charge in [-0.1, -0.05) is 0 Å². The van der Waals surface area contributed by atoms with E-state index in [2.05, 4.69) is 9.97 Å². The first-order chi connectivity index (χ1) is 6.16. The second-order valence-electron chi connectivity index (χ2n) is 2.91. The molecule has 2 aromatic rings.